The van der Waals surface area contributed by atoms with Gasteiger partial charge in [0.05, 0.1) is 0 Å². The van der Waals surface area contributed by atoms with Crippen LogP contribution in [0.4, 0.5) is 0 Å². The number of rotatable bonds is 0. The molecule has 0 saturated carbocycles. The second kappa shape index (κ2) is 2.26. The average Bonchev–Trinajstić information content (AvgIpc) is 1.83. The van der Waals surface area contributed by atoms with E-state index in [2.05, 4.69) is 0 Å². The van der Waals surface area contributed by atoms with Gasteiger partial charge < -0.3 is 5.11 Å². The van der Waals surface area contributed by atoms with Crippen LogP contribution in [-0.4, -0.2) is 28.9 Å². The van der Waals surface area contributed by atoms with Crippen LogP contribution in [0.15, 0.2) is 12.2 Å². The predicted octanol–water partition coefficient (Wildman–Crippen LogP) is -1.03. The molecule has 0 aromatic carbocycles. The van der Waals surface area contributed by atoms with E-state index in [0.29, 0.717) is 5.06 Å². The molecule has 1 rings (SSSR count). The summed E-state index contributed by atoms with van der Waals surface area (Å²) in [5.41, 5.74) is 0. The van der Waals surface area contributed by atoms with Crippen molar-refractivity contribution in [3.63, 3.8) is 0 Å². The number of hydrogen-bond donors (Lipinski definition) is 2. The Morgan fingerprint density at radius 1 is 1.78 bits per heavy atom. The summed E-state index contributed by atoms with van der Waals surface area (Å²) in [6.45, 7) is 0.201. The van der Waals surface area contributed by atoms with Crippen molar-refractivity contribution in [2.75, 3.05) is 6.54 Å². The Bertz CT molecular complexity index is 154. The van der Waals surface area contributed by atoms with Crippen LogP contribution in [0.5, 0.6) is 0 Å². The molecule has 1 atom stereocenters. The van der Waals surface area contributed by atoms with E-state index >= 15 is 0 Å². The van der Waals surface area contributed by atoms with Gasteiger partial charge in [0.15, 0.2) is 6.54 Å². The summed E-state index contributed by atoms with van der Waals surface area (Å²) < 4.78 is 0. The number of hydroxylamine groups is 2. The van der Waals surface area contributed by atoms with Gasteiger partial charge in [-0.05, 0) is 12.2 Å². The molecule has 1 heterocycles. The molecule has 1 unspecified atom stereocenters. The van der Waals surface area contributed by atoms with E-state index in [4.69, 9.17) is 10.3 Å². The number of aliphatic hydroxyl groups is 1. The molecule has 0 bridgehead atoms. The lowest BCUT2D eigenvalue weighted by molar-refractivity contribution is -0.148. The Morgan fingerprint density at radius 3 is 2.89 bits per heavy atom. The number of carbonyl (C=O) groups excluding carboxylic acids is 1. The molecule has 2 N–H and O–H groups in total. The van der Waals surface area contributed by atoms with E-state index in [1.165, 1.54) is 12.2 Å². The van der Waals surface area contributed by atoms with E-state index in [0.717, 1.165) is 0 Å². The topological polar surface area (TPSA) is 63.4 Å². The zero-order valence-corrected chi connectivity index (χ0v) is 4.69. The van der Waals surface area contributed by atoms with Gasteiger partial charge in [-0.3, -0.25) is 4.79 Å². The highest BCUT2D eigenvalue weighted by Crippen LogP contribution is 1.97. The van der Waals surface area contributed by atoms with Crippen LogP contribution < -0.4 is 5.06 Å². The monoisotopic (exact) mass is 129 g/mol. The quantitative estimate of drug-likeness (QED) is 0.411. The molecule has 0 saturated heterocycles. The maximum atomic E-state index is 10.5. The van der Waals surface area contributed by atoms with Crippen LogP contribution in [0, 0.1) is 0 Å². The molecule has 0 amide bonds. The second-order valence-electron chi connectivity index (χ2n) is 1.80. The predicted molar refractivity (Wildman–Crippen MR) is 28.9 cm³/mol. The van der Waals surface area contributed by atoms with Crippen molar-refractivity contribution in [3.8, 4) is 0 Å². The van der Waals surface area contributed by atoms with Gasteiger partial charge in [-0.1, -0.05) is 0 Å². The van der Waals surface area contributed by atoms with Crippen LogP contribution in [0.2, 0.25) is 0 Å². The highest BCUT2D eigenvalue weighted by atomic mass is 16.5. The summed E-state index contributed by atoms with van der Waals surface area (Å²) in [6.07, 6.45) is 1.36. The van der Waals surface area contributed by atoms with Crippen molar-refractivity contribution < 1.29 is 15.1 Å². The van der Waals surface area contributed by atoms with Gasteiger partial charge >= 0.3 is 6.23 Å². The molecular formula is C5H7NO3+. The molecule has 1 radical (unpaired) electrons. The van der Waals surface area contributed by atoms with Crippen molar-refractivity contribution in [2.24, 2.45) is 0 Å². The van der Waals surface area contributed by atoms with Crippen molar-refractivity contribution in [1.82, 2.24) is 5.06 Å². The first-order valence-electron chi connectivity index (χ1n) is 2.56. The van der Waals surface area contributed by atoms with Crippen molar-refractivity contribution in [3.05, 3.63) is 12.2 Å². The first-order valence-corrected chi connectivity index (χ1v) is 2.56. The molecule has 0 aromatic heterocycles. The second-order valence-corrected chi connectivity index (χ2v) is 1.80. The summed E-state index contributed by atoms with van der Waals surface area (Å²) in [7, 11) is 0. The highest BCUT2D eigenvalue weighted by Gasteiger charge is 2.32. The van der Waals surface area contributed by atoms with E-state index in [-0.39, 0.29) is 6.54 Å². The molecule has 9 heavy (non-hydrogen) atoms. The molecule has 4 heteroatoms. The fraction of sp³-hybridized carbons (Fsp3) is 0.400. The van der Waals surface area contributed by atoms with Gasteiger partial charge in [-0.15, -0.1) is 0 Å². The number of hydrogen-bond acceptors (Lipinski definition) is 4. The number of ketones is 1. The van der Waals surface area contributed by atoms with Gasteiger partial charge in [-0.25, -0.2) is 0 Å². The average molecular weight is 129 g/mol. The Hall–Kier alpha value is -0.710. The molecule has 0 spiro atoms. The minimum atomic E-state index is -1.37. The van der Waals surface area contributed by atoms with Gasteiger partial charge in [-0.2, -0.15) is 5.21 Å². The maximum Gasteiger partial charge on any atom is 0.334 e. The van der Waals surface area contributed by atoms with Crippen LogP contribution >= 0.6 is 0 Å². The van der Waals surface area contributed by atoms with Gasteiger partial charge in [0.1, 0.15) is 0 Å². The van der Waals surface area contributed by atoms with Gasteiger partial charge in [0.25, 0.3) is 0 Å². The molecule has 0 aromatic rings. The largest absolute Gasteiger partial charge is 0.334 e. The lowest BCUT2D eigenvalue weighted by Crippen LogP contribution is -2.45. The van der Waals surface area contributed by atoms with Crippen LogP contribution in [0.1, 0.15) is 0 Å². The Kier molecular flexibility index (Phi) is 1.61. The van der Waals surface area contributed by atoms with Crippen LogP contribution in [0.3, 0.4) is 0 Å². The van der Waals surface area contributed by atoms with Crippen LogP contribution in [-0.2, 0) is 4.79 Å². The summed E-state index contributed by atoms with van der Waals surface area (Å²) in [4.78, 5) is 10.5. The molecule has 1 aliphatic rings. The highest BCUT2D eigenvalue weighted by molar-refractivity contribution is 5.93. The van der Waals surface area contributed by atoms with E-state index < -0.39 is 12.0 Å². The zero-order valence-electron chi connectivity index (χ0n) is 4.69. The Morgan fingerprint density at radius 2 is 2.44 bits per heavy atom. The molecule has 4 nitrogen and oxygen atoms in total. The lowest BCUT2D eigenvalue weighted by atomic mass is 10.2. The van der Waals surface area contributed by atoms with Gasteiger partial charge in [0, 0.05) is 5.06 Å². The number of aliphatic hydroxyl groups excluding tert-OH is 1. The SMILES string of the molecule is O=C1C=CC[N+](O)C1O. The molecule has 0 aliphatic carbocycles. The fourth-order valence-electron chi connectivity index (χ4n) is 0.610. The molecule has 49 valence electrons. The van der Waals surface area contributed by atoms with Crippen molar-refractivity contribution in [2.45, 2.75) is 6.23 Å². The summed E-state index contributed by atoms with van der Waals surface area (Å²) in [5.74, 6) is -0.483. The number of nitrogens with zero attached hydrogens (tertiary/aromatic N) is 1. The first-order chi connectivity index (χ1) is 4.22. The third kappa shape index (κ3) is 1.16. The van der Waals surface area contributed by atoms with E-state index in [1.807, 2.05) is 0 Å². The fourth-order valence-corrected chi connectivity index (χ4v) is 0.610. The summed E-state index contributed by atoms with van der Waals surface area (Å²) >= 11 is 0. The lowest BCUT2D eigenvalue weighted by Gasteiger charge is -2.08. The normalized spacial score (nSPS) is 29.1. The smallest absolute Gasteiger partial charge is 0.332 e. The minimum Gasteiger partial charge on any atom is -0.332 e. The molecule has 1 aliphatic heterocycles. The third-order valence-corrected chi connectivity index (χ3v) is 1.11. The zero-order chi connectivity index (χ0) is 6.85. The Labute approximate surface area is 52.0 Å². The number of carbonyl (C=O) groups is 1. The summed E-state index contributed by atoms with van der Waals surface area (Å²) in [6, 6.07) is 0. The van der Waals surface area contributed by atoms with Crippen molar-refractivity contribution in [1.29, 1.82) is 0 Å². The van der Waals surface area contributed by atoms with Gasteiger partial charge in [0.2, 0.25) is 5.78 Å². The van der Waals surface area contributed by atoms with Crippen molar-refractivity contribution >= 4 is 5.78 Å². The standard InChI is InChI=1S/C5H7NO3/c7-4-2-1-3-6(9)5(4)8/h1-2,5,8-9H,3H2/q+1. The van der Waals surface area contributed by atoms with Crippen LogP contribution in [0.25, 0.3) is 0 Å². The molecule has 0 fully saturated rings. The van der Waals surface area contributed by atoms with E-state index in [9.17, 15) is 4.79 Å². The summed E-state index contributed by atoms with van der Waals surface area (Å²) in [5, 5.41) is 18.0. The van der Waals surface area contributed by atoms with E-state index in [1.54, 1.807) is 0 Å². The molecular weight excluding hydrogens is 122 g/mol. The Balaban J connectivity index is 2.69. The minimum absolute atomic E-state index is 0.201. The third-order valence-electron chi connectivity index (χ3n) is 1.11. The maximum absolute atomic E-state index is 10.5. The first kappa shape index (κ1) is 6.41.